The van der Waals surface area contributed by atoms with Crippen molar-refractivity contribution in [3.63, 3.8) is 0 Å². The number of carbonyl (C=O) groups excluding carboxylic acids is 3. The van der Waals surface area contributed by atoms with Gasteiger partial charge in [0, 0.05) is 19.0 Å². The van der Waals surface area contributed by atoms with E-state index in [1.807, 2.05) is 0 Å². The number of carbonyl (C=O) groups is 3. The Labute approximate surface area is 142 Å². The molecule has 2 aliphatic rings. The van der Waals surface area contributed by atoms with E-state index in [4.69, 9.17) is 0 Å². The smallest absolute Gasteiger partial charge is 0.261 e. The first-order chi connectivity index (χ1) is 11.6. The van der Waals surface area contributed by atoms with E-state index in [9.17, 15) is 14.4 Å². The number of benzene rings is 1. The standard InChI is InChI=1S/C19H24N2O3/c1-13-7-2-5-10-16(13)20-17(22)11-6-12-21-18(23)14-8-3-4-9-15(14)19(21)24/h3-4,8-9,13,16H,2,5-7,10-12H2,1H3,(H,20,22)/t13-,16+/m1/s1. The molecule has 1 aromatic carbocycles. The number of fused-ring (bicyclic) bond motifs is 1. The minimum Gasteiger partial charge on any atom is -0.353 e. The molecular formula is C19H24N2O3. The molecule has 1 aliphatic heterocycles. The lowest BCUT2D eigenvalue weighted by Gasteiger charge is -2.29. The average molecular weight is 328 g/mol. The van der Waals surface area contributed by atoms with Crippen LogP contribution in [0.1, 0.15) is 66.2 Å². The van der Waals surface area contributed by atoms with Gasteiger partial charge < -0.3 is 5.32 Å². The molecule has 0 saturated heterocycles. The summed E-state index contributed by atoms with van der Waals surface area (Å²) >= 11 is 0. The minimum atomic E-state index is -0.253. The van der Waals surface area contributed by atoms with E-state index in [0.29, 0.717) is 36.4 Å². The van der Waals surface area contributed by atoms with Gasteiger partial charge in [0.1, 0.15) is 0 Å². The zero-order valence-corrected chi connectivity index (χ0v) is 14.1. The Morgan fingerprint density at radius 2 is 1.75 bits per heavy atom. The highest BCUT2D eigenvalue weighted by atomic mass is 16.2. The van der Waals surface area contributed by atoms with Gasteiger partial charge in [0.05, 0.1) is 11.1 Å². The van der Waals surface area contributed by atoms with Gasteiger partial charge in [-0.3, -0.25) is 19.3 Å². The lowest BCUT2D eigenvalue weighted by Crippen LogP contribution is -2.41. The fourth-order valence-corrected chi connectivity index (χ4v) is 3.65. The number of rotatable bonds is 5. The molecule has 1 fully saturated rings. The number of amides is 3. The van der Waals surface area contributed by atoms with Crippen molar-refractivity contribution in [3.05, 3.63) is 35.4 Å². The van der Waals surface area contributed by atoms with Crippen LogP contribution in [0.3, 0.4) is 0 Å². The van der Waals surface area contributed by atoms with Crippen LogP contribution in [-0.2, 0) is 4.79 Å². The van der Waals surface area contributed by atoms with Crippen molar-refractivity contribution in [1.29, 1.82) is 0 Å². The van der Waals surface area contributed by atoms with Crippen molar-refractivity contribution in [3.8, 4) is 0 Å². The Morgan fingerprint density at radius 3 is 2.38 bits per heavy atom. The summed E-state index contributed by atoms with van der Waals surface area (Å²) in [5.74, 6) is 0.0399. The predicted molar refractivity (Wildman–Crippen MR) is 90.6 cm³/mol. The van der Waals surface area contributed by atoms with Crippen molar-refractivity contribution < 1.29 is 14.4 Å². The molecule has 0 unspecified atom stereocenters. The maximum atomic E-state index is 12.2. The lowest BCUT2D eigenvalue weighted by atomic mass is 9.86. The number of nitrogens with one attached hydrogen (secondary N) is 1. The van der Waals surface area contributed by atoms with Gasteiger partial charge in [-0.25, -0.2) is 0 Å². The molecule has 3 rings (SSSR count). The number of nitrogens with zero attached hydrogens (tertiary/aromatic N) is 1. The second-order valence-electron chi connectivity index (χ2n) is 6.85. The Balaban J connectivity index is 1.48. The lowest BCUT2D eigenvalue weighted by molar-refractivity contribution is -0.122. The summed E-state index contributed by atoms with van der Waals surface area (Å²) < 4.78 is 0. The van der Waals surface area contributed by atoms with Crippen molar-refractivity contribution in [2.45, 2.75) is 51.5 Å². The highest BCUT2D eigenvalue weighted by molar-refractivity contribution is 6.21. The molecular weight excluding hydrogens is 304 g/mol. The molecule has 1 aromatic rings. The van der Waals surface area contributed by atoms with Gasteiger partial charge in [-0.15, -0.1) is 0 Å². The zero-order valence-electron chi connectivity index (χ0n) is 14.1. The van der Waals surface area contributed by atoms with Gasteiger partial charge in [0.2, 0.25) is 5.91 Å². The molecule has 1 aliphatic carbocycles. The quantitative estimate of drug-likeness (QED) is 0.845. The summed E-state index contributed by atoms with van der Waals surface area (Å²) in [6.45, 7) is 2.48. The van der Waals surface area contributed by atoms with E-state index >= 15 is 0 Å². The van der Waals surface area contributed by atoms with Crippen LogP contribution in [0.4, 0.5) is 0 Å². The Kier molecular flexibility index (Phi) is 4.97. The summed E-state index contributed by atoms with van der Waals surface area (Å²) in [6.07, 6.45) is 5.47. The second kappa shape index (κ2) is 7.16. The Hall–Kier alpha value is -2.17. The van der Waals surface area contributed by atoms with Crippen molar-refractivity contribution in [2.24, 2.45) is 5.92 Å². The SMILES string of the molecule is C[C@@H]1CCCC[C@@H]1NC(=O)CCCN1C(=O)c2ccccc2C1=O. The van der Waals surface area contributed by atoms with Gasteiger partial charge in [0.15, 0.2) is 0 Å². The molecule has 0 spiro atoms. The molecule has 0 aromatic heterocycles. The van der Waals surface area contributed by atoms with Gasteiger partial charge >= 0.3 is 0 Å². The van der Waals surface area contributed by atoms with E-state index in [1.165, 1.54) is 24.2 Å². The third-order valence-electron chi connectivity index (χ3n) is 5.12. The van der Waals surface area contributed by atoms with Crippen LogP contribution >= 0.6 is 0 Å². The van der Waals surface area contributed by atoms with Crippen LogP contribution in [0.15, 0.2) is 24.3 Å². The van der Waals surface area contributed by atoms with E-state index in [1.54, 1.807) is 24.3 Å². The van der Waals surface area contributed by atoms with Gasteiger partial charge in [-0.05, 0) is 37.3 Å². The van der Waals surface area contributed by atoms with Crippen LogP contribution in [-0.4, -0.2) is 35.2 Å². The van der Waals surface area contributed by atoms with Crippen LogP contribution in [0.25, 0.3) is 0 Å². The molecule has 5 nitrogen and oxygen atoms in total. The van der Waals surface area contributed by atoms with Crippen molar-refractivity contribution >= 4 is 17.7 Å². The number of hydrogen-bond donors (Lipinski definition) is 1. The van der Waals surface area contributed by atoms with E-state index in [-0.39, 0.29) is 23.8 Å². The average Bonchev–Trinajstić information content (AvgIpc) is 2.82. The largest absolute Gasteiger partial charge is 0.353 e. The topological polar surface area (TPSA) is 66.5 Å². The molecule has 0 bridgehead atoms. The fourth-order valence-electron chi connectivity index (χ4n) is 3.65. The fraction of sp³-hybridized carbons (Fsp3) is 0.526. The summed E-state index contributed by atoms with van der Waals surface area (Å²) in [6, 6.07) is 7.13. The van der Waals surface area contributed by atoms with Crippen LogP contribution < -0.4 is 5.32 Å². The number of hydrogen-bond acceptors (Lipinski definition) is 3. The summed E-state index contributed by atoms with van der Waals surface area (Å²) in [5.41, 5.74) is 0.922. The molecule has 1 heterocycles. The summed E-state index contributed by atoms with van der Waals surface area (Å²) in [7, 11) is 0. The molecule has 24 heavy (non-hydrogen) atoms. The van der Waals surface area contributed by atoms with Crippen molar-refractivity contribution in [1.82, 2.24) is 10.2 Å². The summed E-state index contributed by atoms with van der Waals surface area (Å²) in [4.78, 5) is 37.9. The van der Waals surface area contributed by atoms with E-state index < -0.39 is 0 Å². The Morgan fingerprint density at radius 1 is 1.12 bits per heavy atom. The van der Waals surface area contributed by atoms with Crippen molar-refractivity contribution in [2.75, 3.05) is 6.54 Å². The third kappa shape index (κ3) is 3.35. The molecule has 1 saturated carbocycles. The second-order valence-corrected chi connectivity index (χ2v) is 6.85. The monoisotopic (exact) mass is 328 g/mol. The maximum Gasteiger partial charge on any atom is 0.261 e. The molecule has 3 amide bonds. The zero-order chi connectivity index (χ0) is 17.1. The molecule has 2 atom stereocenters. The molecule has 1 N–H and O–H groups in total. The van der Waals surface area contributed by atoms with Crippen LogP contribution in [0, 0.1) is 5.92 Å². The predicted octanol–water partition coefficient (Wildman–Crippen LogP) is 2.76. The summed E-state index contributed by atoms with van der Waals surface area (Å²) in [5, 5.41) is 3.11. The highest BCUT2D eigenvalue weighted by Crippen LogP contribution is 2.24. The van der Waals surface area contributed by atoms with E-state index in [0.717, 1.165) is 6.42 Å². The third-order valence-corrected chi connectivity index (χ3v) is 5.12. The van der Waals surface area contributed by atoms with Crippen LogP contribution in [0.5, 0.6) is 0 Å². The molecule has 128 valence electrons. The first-order valence-corrected chi connectivity index (χ1v) is 8.82. The van der Waals surface area contributed by atoms with E-state index in [2.05, 4.69) is 12.2 Å². The van der Waals surface area contributed by atoms with Gasteiger partial charge in [-0.1, -0.05) is 31.9 Å². The van der Waals surface area contributed by atoms with Gasteiger partial charge in [0.25, 0.3) is 11.8 Å². The minimum absolute atomic E-state index is 0.0189. The highest BCUT2D eigenvalue weighted by Gasteiger charge is 2.34. The first kappa shape index (κ1) is 16.7. The molecule has 5 heteroatoms. The Bertz CT molecular complexity index is 621. The number of imide groups is 1. The molecule has 0 radical (unpaired) electrons. The first-order valence-electron chi connectivity index (χ1n) is 8.82. The van der Waals surface area contributed by atoms with Crippen LogP contribution in [0.2, 0.25) is 0 Å². The van der Waals surface area contributed by atoms with Gasteiger partial charge in [-0.2, -0.15) is 0 Å². The maximum absolute atomic E-state index is 12.2. The normalized spacial score (nSPS) is 23.3.